The minimum Gasteiger partial charge on any atom is -0.378 e. The van der Waals surface area contributed by atoms with Crippen molar-refractivity contribution < 1.29 is 9.53 Å². The first-order chi connectivity index (χ1) is 15.0. The minimum absolute atomic E-state index is 0.00337. The molecule has 5 rings (SSSR count). The van der Waals surface area contributed by atoms with E-state index in [1.54, 1.807) is 0 Å². The smallest absolute Gasteiger partial charge is 0.322 e. The predicted octanol–water partition coefficient (Wildman–Crippen LogP) is 4.03. The lowest BCUT2D eigenvalue weighted by Crippen LogP contribution is -2.49. The highest BCUT2D eigenvalue weighted by molar-refractivity contribution is 5.95. The maximum Gasteiger partial charge on any atom is 0.322 e. The number of benzene rings is 1. The number of hydrogen-bond acceptors (Lipinski definition) is 4. The van der Waals surface area contributed by atoms with E-state index in [4.69, 9.17) is 9.72 Å². The Hall–Kier alpha value is -2.60. The first kappa shape index (κ1) is 20.3. The predicted molar refractivity (Wildman–Crippen MR) is 123 cm³/mol. The van der Waals surface area contributed by atoms with Crippen LogP contribution in [-0.2, 0) is 10.2 Å². The molecule has 1 aliphatic carbocycles. The summed E-state index contributed by atoms with van der Waals surface area (Å²) in [6.07, 6.45) is 6.02. The van der Waals surface area contributed by atoms with Gasteiger partial charge in [0, 0.05) is 13.1 Å². The van der Waals surface area contributed by atoms with Crippen molar-refractivity contribution in [3.05, 3.63) is 53.7 Å². The lowest BCUT2D eigenvalue weighted by molar-refractivity contribution is 0.122. The summed E-state index contributed by atoms with van der Waals surface area (Å²) in [5, 5.41) is 3.34. The van der Waals surface area contributed by atoms with Gasteiger partial charge in [-0.1, -0.05) is 37.3 Å². The molecule has 2 saturated heterocycles. The molecule has 6 heteroatoms. The molecule has 0 radical (unpaired) electrons. The van der Waals surface area contributed by atoms with Gasteiger partial charge in [-0.25, -0.2) is 9.78 Å². The number of aromatic nitrogens is 1. The first-order valence-electron chi connectivity index (χ1n) is 11.4. The Morgan fingerprint density at radius 1 is 1.06 bits per heavy atom. The van der Waals surface area contributed by atoms with E-state index in [9.17, 15) is 4.79 Å². The molecule has 0 unspecified atom stereocenters. The van der Waals surface area contributed by atoms with E-state index < -0.39 is 0 Å². The molecule has 0 atom stereocenters. The molecule has 1 N–H and O–H groups in total. The highest BCUT2D eigenvalue weighted by Gasteiger charge is 2.48. The van der Waals surface area contributed by atoms with Gasteiger partial charge in [0.1, 0.15) is 5.82 Å². The SMILES string of the molecule is Cc1cc(N2C[C@]3(CC[C@@](C)(c4ccccc4)CC3)NC2=O)cnc1N1CCOCC1. The largest absolute Gasteiger partial charge is 0.378 e. The van der Waals surface area contributed by atoms with E-state index in [1.165, 1.54) is 5.56 Å². The number of nitrogens with zero attached hydrogens (tertiary/aromatic N) is 3. The number of pyridine rings is 1. The van der Waals surface area contributed by atoms with Crippen molar-refractivity contribution in [3.63, 3.8) is 0 Å². The second kappa shape index (κ2) is 7.83. The van der Waals surface area contributed by atoms with E-state index in [1.807, 2.05) is 11.1 Å². The molecule has 31 heavy (non-hydrogen) atoms. The zero-order chi connectivity index (χ0) is 21.5. The number of anilines is 2. The highest BCUT2D eigenvalue weighted by atomic mass is 16.5. The summed E-state index contributed by atoms with van der Waals surface area (Å²) < 4.78 is 5.46. The van der Waals surface area contributed by atoms with Crippen LogP contribution in [0.2, 0.25) is 0 Å². The Morgan fingerprint density at radius 3 is 2.45 bits per heavy atom. The quantitative estimate of drug-likeness (QED) is 0.815. The van der Waals surface area contributed by atoms with E-state index >= 15 is 0 Å². The average molecular weight is 421 g/mol. The zero-order valence-electron chi connectivity index (χ0n) is 18.6. The summed E-state index contributed by atoms with van der Waals surface area (Å²) in [5.41, 5.74) is 3.45. The molecule has 2 aromatic rings. The number of amides is 2. The van der Waals surface area contributed by atoms with Crippen molar-refractivity contribution in [2.45, 2.75) is 50.5 Å². The molecule has 2 amide bonds. The van der Waals surface area contributed by atoms with Gasteiger partial charge in [0.25, 0.3) is 0 Å². The Balaban J connectivity index is 1.30. The van der Waals surface area contributed by atoms with Crippen molar-refractivity contribution >= 4 is 17.5 Å². The number of ether oxygens (including phenoxy) is 1. The fraction of sp³-hybridized carbons (Fsp3) is 0.520. The molecule has 3 heterocycles. The second-order valence-corrected chi connectivity index (χ2v) is 9.66. The van der Waals surface area contributed by atoms with Gasteiger partial charge < -0.3 is 15.0 Å². The zero-order valence-corrected chi connectivity index (χ0v) is 18.6. The fourth-order valence-electron chi connectivity index (χ4n) is 5.42. The topological polar surface area (TPSA) is 57.7 Å². The van der Waals surface area contributed by atoms with Gasteiger partial charge in [0.15, 0.2) is 0 Å². The third-order valence-electron chi connectivity index (χ3n) is 7.52. The summed E-state index contributed by atoms with van der Waals surface area (Å²) >= 11 is 0. The molecule has 1 aromatic carbocycles. The standard InChI is InChI=1S/C25H32N4O2/c1-19-16-21(17-26-22(19)28-12-14-31-15-13-28)29-18-25(27-23(29)30)10-8-24(2,9-11-25)20-6-4-3-5-7-20/h3-7,16-17H,8-15,18H2,1-2H3,(H,27,30)/t24-,25-. The lowest BCUT2D eigenvalue weighted by atomic mass is 9.65. The van der Waals surface area contributed by atoms with Gasteiger partial charge in [-0.2, -0.15) is 0 Å². The second-order valence-electron chi connectivity index (χ2n) is 9.66. The molecule has 0 bridgehead atoms. The van der Waals surface area contributed by atoms with Crippen molar-refractivity contribution in [1.82, 2.24) is 10.3 Å². The number of hydrogen-bond donors (Lipinski definition) is 1. The normalized spacial score (nSPS) is 28.8. The number of carbonyl (C=O) groups excluding carboxylic acids is 1. The number of urea groups is 1. The van der Waals surface area contributed by atoms with Crippen LogP contribution in [0.4, 0.5) is 16.3 Å². The van der Waals surface area contributed by atoms with E-state index in [0.29, 0.717) is 6.54 Å². The number of morpholine rings is 1. The van der Waals surface area contributed by atoms with Gasteiger partial charge in [0.05, 0.1) is 37.2 Å². The molecular weight excluding hydrogens is 388 g/mol. The van der Waals surface area contributed by atoms with Crippen LogP contribution in [-0.4, -0.2) is 49.4 Å². The molecule has 3 aliphatic rings. The van der Waals surface area contributed by atoms with Crippen LogP contribution in [0.15, 0.2) is 42.6 Å². The maximum absolute atomic E-state index is 12.9. The maximum atomic E-state index is 12.9. The summed E-state index contributed by atoms with van der Waals surface area (Å²) in [6, 6.07) is 12.9. The van der Waals surface area contributed by atoms with E-state index in [-0.39, 0.29) is 17.0 Å². The molecule has 3 fully saturated rings. The number of rotatable bonds is 3. The van der Waals surface area contributed by atoms with Crippen LogP contribution < -0.4 is 15.1 Å². The van der Waals surface area contributed by atoms with E-state index in [0.717, 1.165) is 69.1 Å². The van der Waals surface area contributed by atoms with Crippen LogP contribution in [0, 0.1) is 6.92 Å². The monoisotopic (exact) mass is 420 g/mol. The fourth-order valence-corrected chi connectivity index (χ4v) is 5.42. The molecular formula is C25H32N4O2. The number of carbonyl (C=O) groups is 1. The summed E-state index contributed by atoms with van der Waals surface area (Å²) in [4.78, 5) is 21.8. The van der Waals surface area contributed by atoms with Gasteiger partial charge in [-0.15, -0.1) is 0 Å². The molecule has 6 nitrogen and oxygen atoms in total. The van der Waals surface area contributed by atoms with Crippen molar-refractivity contribution in [2.75, 3.05) is 42.6 Å². The average Bonchev–Trinajstić information content (AvgIpc) is 3.13. The molecule has 164 valence electrons. The third-order valence-corrected chi connectivity index (χ3v) is 7.52. The Morgan fingerprint density at radius 2 is 1.77 bits per heavy atom. The van der Waals surface area contributed by atoms with Crippen LogP contribution in [0.5, 0.6) is 0 Å². The minimum atomic E-state index is -0.137. The van der Waals surface area contributed by atoms with Gasteiger partial charge in [0.2, 0.25) is 0 Å². The molecule has 1 spiro atoms. The summed E-state index contributed by atoms with van der Waals surface area (Å²) in [6.45, 7) is 8.36. The van der Waals surface area contributed by atoms with Crippen LogP contribution >= 0.6 is 0 Å². The van der Waals surface area contributed by atoms with Gasteiger partial charge >= 0.3 is 6.03 Å². The Kier molecular flexibility index (Phi) is 5.13. The Labute approximate surface area is 184 Å². The van der Waals surface area contributed by atoms with Crippen LogP contribution in [0.3, 0.4) is 0 Å². The highest BCUT2D eigenvalue weighted by Crippen LogP contribution is 2.45. The van der Waals surface area contributed by atoms with E-state index in [2.05, 4.69) is 60.5 Å². The molecule has 1 saturated carbocycles. The van der Waals surface area contributed by atoms with Crippen LogP contribution in [0.25, 0.3) is 0 Å². The van der Waals surface area contributed by atoms with Crippen molar-refractivity contribution in [1.29, 1.82) is 0 Å². The van der Waals surface area contributed by atoms with Gasteiger partial charge in [-0.3, -0.25) is 4.90 Å². The number of aryl methyl sites for hydroxylation is 1. The van der Waals surface area contributed by atoms with Gasteiger partial charge in [-0.05, 0) is 55.2 Å². The molecule has 2 aliphatic heterocycles. The lowest BCUT2D eigenvalue weighted by Gasteiger charge is -2.43. The first-order valence-corrected chi connectivity index (χ1v) is 11.4. The van der Waals surface area contributed by atoms with Crippen molar-refractivity contribution in [2.24, 2.45) is 0 Å². The summed E-state index contributed by atoms with van der Waals surface area (Å²) in [7, 11) is 0. The van der Waals surface area contributed by atoms with Crippen molar-refractivity contribution in [3.8, 4) is 0 Å². The third kappa shape index (κ3) is 3.78. The number of nitrogens with one attached hydrogen (secondary N) is 1. The van der Waals surface area contributed by atoms with Crippen LogP contribution in [0.1, 0.15) is 43.7 Å². The Bertz CT molecular complexity index is 947. The summed E-state index contributed by atoms with van der Waals surface area (Å²) in [5.74, 6) is 0.998. The molecule has 1 aromatic heterocycles.